The van der Waals surface area contributed by atoms with E-state index in [2.05, 4.69) is 20.7 Å². The highest BCUT2D eigenvalue weighted by Crippen LogP contribution is 2.34. The molecule has 0 fully saturated rings. The van der Waals surface area contributed by atoms with Gasteiger partial charge in [-0.05, 0) is 47.5 Å². The number of carbonyl (C=O) groups is 1. The number of halogens is 4. The molecule has 0 atom stereocenters. The van der Waals surface area contributed by atoms with Gasteiger partial charge < -0.3 is 4.74 Å². The zero-order valence-electron chi connectivity index (χ0n) is 8.48. The van der Waals surface area contributed by atoms with Crippen molar-refractivity contribution in [3.05, 3.63) is 27.7 Å². The fraction of sp³-hybridized carbons (Fsp3) is 0.300. The van der Waals surface area contributed by atoms with E-state index >= 15 is 0 Å². The molecule has 0 aliphatic carbocycles. The summed E-state index contributed by atoms with van der Waals surface area (Å²) in [5.74, 6) is -0.542. The van der Waals surface area contributed by atoms with E-state index in [4.69, 9.17) is 0 Å². The monoisotopic (exact) mass is 296 g/mol. The number of alkyl halides is 3. The Hall–Kier alpha value is -1.04. The summed E-state index contributed by atoms with van der Waals surface area (Å²) in [6, 6.07) is 2.66. The fourth-order valence-electron chi connectivity index (χ4n) is 1.18. The molecule has 16 heavy (non-hydrogen) atoms. The number of carbonyl (C=O) groups excluding carboxylic acids is 1. The van der Waals surface area contributed by atoms with Crippen LogP contribution in [0.25, 0.3) is 0 Å². The molecule has 0 radical (unpaired) electrons. The SMILES string of the molecule is CC(=O)c1cc(C)c(OC(F)(F)F)c(Br)c1. The highest BCUT2D eigenvalue weighted by atomic mass is 79.9. The maximum Gasteiger partial charge on any atom is 0.573 e. The first kappa shape index (κ1) is 13.0. The lowest BCUT2D eigenvalue weighted by Crippen LogP contribution is -2.18. The molecule has 0 N–H and O–H groups in total. The Morgan fingerprint density at radius 1 is 1.38 bits per heavy atom. The fourth-order valence-corrected chi connectivity index (χ4v) is 1.82. The molecule has 1 rings (SSSR count). The molecule has 1 aromatic rings. The van der Waals surface area contributed by atoms with E-state index in [1.807, 2.05) is 0 Å². The molecule has 2 nitrogen and oxygen atoms in total. The van der Waals surface area contributed by atoms with Gasteiger partial charge in [0.1, 0.15) is 5.75 Å². The molecule has 6 heteroatoms. The van der Waals surface area contributed by atoms with E-state index in [0.717, 1.165) is 0 Å². The predicted molar refractivity (Wildman–Crippen MR) is 55.6 cm³/mol. The number of aryl methyl sites for hydroxylation is 1. The molecule has 0 aliphatic heterocycles. The van der Waals surface area contributed by atoms with E-state index in [1.54, 1.807) is 0 Å². The van der Waals surface area contributed by atoms with Gasteiger partial charge in [-0.3, -0.25) is 4.79 Å². The van der Waals surface area contributed by atoms with Crippen molar-refractivity contribution in [2.24, 2.45) is 0 Å². The molecular formula is C10H8BrF3O2. The van der Waals surface area contributed by atoms with Crippen LogP contribution >= 0.6 is 15.9 Å². The summed E-state index contributed by atoms with van der Waals surface area (Å²) in [6.45, 7) is 2.78. The Morgan fingerprint density at radius 2 is 1.94 bits per heavy atom. The van der Waals surface area contributed by atoms with Crippen molar-refractivity contribution in [3.63, 3.8) is 0 Å². The maximum absolute atomic E-state index is 12.1. The Morgan fingerprint density at radius 3 is 2.31 bits per heavy atom. The van der Waals surface area contributed by atoms with Gasteiger partial charge in [-0.15, -0.1) is 13.2 Å². The summed E-state index contributed by atoms with van der Waals surface area (Å²) in [6.07, 6.45) is -4.75. The van der Waals surface area contributed by atoms with Crippen molar-refractivity contribution < 1.29 is 22.7 Å². The second-order valence-corrected chi connectivity index (χ2v) is 4.06. The third kappa shape index (κ3) is 3.23. The van der Waals surface area contributed by atoms with Gasteiger partial charge in [0.25, 0.3) is 0 Å². The van der Waals surface area contributed by atoms with Crippen LogP contribution in [-0.4, -0.2) is 12.1 Å². The second kappa shape index (κ2) is 4.45. The smallest absolute Gasteiger partial charge is 0.404 e. The van der Waals surface area contributed by atoms with Crippen LogP contribution in [0.2, 0.25) is 0 Å². The molecule has 1 aromatic carbocycles. The van der Waals surface area contributed by atoms with Crippen LogP contribution in [0.4, 0.5) is 13.2 Å². The van der Waals surface area contributed by atoms with E-state index in [-0.39, 0.29) is 21.6 Å². The van der Waals surface area contributed by atoms with Crippen molar-refractivity contribution in [2.75, 3.05) is 0 Å². The molecule has 0 saturated carbocycles. The van der Waals surface area contributed by atoms with E-state index in [1.165, 1.54) is 26.0 Å². The highest BCUT2D eigenvalue weighted by Gasteiger charge is 2.32. The van der Waals surface area contributed by atoms with E-state index in [9.17, 15) is 18.0 Å². The molecule has 0 saturated heterocycles. The lowest BCUT2D eigenvalue weighted by Gasteiger charge is -2.13. The lowest BCUT2D eigenvalue weighted by atomic mass is 10.1. The predicted octanol–water partition coefficient (Wildman–Crippen LogP) is 3.86. The zero-order chi connectivity index (χ0) is 12.5. The van der Waals surface area contributed by atoms with Crippen LogP contribution in [0.5, 0.6) is 5.75 Å². The maximum atomic E-state index is 12.1. The van der Waals surface area contributed by atoms with Crippen molar-refractivity contribution in [2.45, 2.75) is 20.2 Å². The first-order valence-corrected chi connectivity index (χ1v) is 5.07. The van der Waals surface area contributed by atoms with Crippen molar-refractivity contribution in [1.82, 2.24) is 0 Å². The number of ketones is 1. The Bertz CT molecular complexity index is 404. The number of rotatable bonds is 2. The standard InChI is InChI=1S/C10H8BrF3O2/c1-5-3-7(6(2)15)4-8(11)9(5)16-10(12,13)14/h3-4H,1-2H3. The highest BCUT2D eigenvalue weighted by molar-refractivity contribution is 9.10. The molecule has 0 aromatic heterocycles. The third-order valence-electron chi connectivity index (χ3n) is 1.85. The summed E-state index contributed by atoms with van der Waals surface area (Å²) in [7, 11) is 0. The summed E-state index contributed by atoms with van der Waals surface area (Å²) >= 11 is 2.94. The topological polar surface area (TPSA) is 26.3 Å². The van der Waals surface area contributed by atoms with Crippen molar-refractivity contribution >= 4 is 21.7 Å². The zero-order valence-corrected chi connectivity index (χ0v) is 10.1. The van der Waals surface area contributed by atoms with Gasteiger partial charge >= 0.3 is 6.36 Å². The van der Waals surface area contributed by atoms with E-state index < -0.39 is 6.36 Å². The summed E-state index contributed by atoms with van der Waals surface area (Å²) in [5, 5.41) is 0. The average molecular weight is 297 g/mol. The van der Waals surface area contributed by atoms with Crippen LogP contribution in [0.3, 0.4) is 0 Å². The molecule has 0 unspecified atom stereocenters. The van der Waals surface area contributed by atoms with Gasteiger partial charge in [-0.2, -0.15) is 0 Å². The molecule has 0 spiro atoms. The molecular weight excluding hydrogens is 289 g/mol. The van der Waals surface area contributed by atoms with Crippen molar-refractivity contribution in [3.8, 4) is 5.75 Å². The first-order valence-electron chi connectivity index (χ1n) is 4.27. The van der Waals surface area contributed by atoms with Crippen LogP contribution < -0.4 is 4.74 Å². The number of ether oxygens (including phenoxy) is 1. The molecule has 0 amide bonds. The minimum absolute atomic E-state index is 0.107. The number of hydrogen-bond acceptors (Lipinski definition) is 2. The van der Waals surface area contributed by atoms with Crippen LogP contribution in [0.1, 0.15) is 22.8 Å². The number of benzene rings is 1. The van der Waals surface area contributed by atoms with Crippen LogP contribution in [0.15, 0.2) is 16.6 Å². The van der Waals surface area contributed by atoms with Crippen molar-refractivity contribution in [1.29, 1.82) is 0 Å². The minimum atomic E-state index is -4.75. The minimum Gasteiger partial charge on any atom is -0.404 e. The van der Waals surface area contributed by atoms with E-state index in [0.29, 0.717) is 5.56 Å². The van der Waals surface area contributed by atoms with Crippen LogP contribution in [-0.2, 0) is 0 Å². The summed E-state index contributed by atoms with van der Waals surface area (Å²) in [5.41, 5.74) is 0.579. The normalized spacial score (nSPS) is 11.4. The molecule has 0 aliphatic rings. The Balaban J connectivity index is 3.18. The largest absolute Gasteiger partial charge is 0.573 e. The number of hydrogen-bond donors (Lipinski definition) is 0. The quantitative estimate of drug-likeness (QED) is 0.775. The van der Waals surface area contributed by atoms with Gasteiger partial charge in [0.15, 0.2) is 5.78 Å². The Labute approximate surface area is 98.5 Å². The van der Waals surface area contributed by atoms with Crippen LogP contribution in [0, 0.1) is 6.92 Å². The van der Waals surface area contributed by atoms with Gasteiger partial charge in [0, 0.05) is 5.56 Å². The number of Topliss-reactive ketones (excluding diaryl/α,β-unsaturated/α-hetero) is 1. The molecule has 88 valence electrons. The van der Waals surface area contributed by atoms with Gasteiger partial charge in [-0.1, -0.05) is 0 Å². The van der Waals surface area contributed by atoms with Gasteiger partial charge in [-0.25, -0.2) is 0 Å². The molecule has 0 bridgehead atoms. The third-order valence-corrected chi connectivity index (χ3v) is 2.44. The first-order chi connectivity index (χ1) is 7.20. The lowest BCUT2D eigenvalue weighted by molar-refractivity contribution is -0.275. The second-order valence-electron chi connectivity index (χ2n) is 3.21. The van der Waals surface area contributed by atoms with Gasteiger partial charge in [0.2, 0.25) is 0 Å². The Kier molecular flexibility index (Phi) is 3.62. The summed E-state index contributed by atoms with van der Waals surface area (Å²) in [4.78, 5) is 11.1. The summed E-state index contributed by atoms with van der Waals surface area (Å²) < 4.78 is 40.1. The molecule has 0 heterocycles. The average Bonchev–Trinajstić information content (AvgIpc) is 2.09. The van der Waals surface area contributed by atoms with Gasteiger partial charge in [0.05, 0.1) is 4.47 Å².